The molecule has 0 fully saturated rings. The maximum absolute atomic E-state index is 12.9. The van der Waals surface area contributed by atoms with Gasteiger partial charge in [0, 0.05) is 23.7 Å². The lowest BCUT2D eigenvalue weighted by molar-refractivity contribution is 0.0911. The number of amides is 1. The molecule has 0 spiro atoms. The van der Waals surface area contributed by atoms with Gasteiger partial charge in [-0.25, -0.2) is 4.39 Å². The highest BCUT2D eigenvalue weighted by atomic mass is 19.1. The van der Waals surface area contributed by atoms with Crippen molar-refractivity contribution in [1.82, 2.24) is 5.32 Å². The van der Waals surface area contributed by atoms with Crippen molar-refractivity contribution >= 4 is 17.5 Å². The molecule has 0 saturated heterocycles. The van der Waals surface area contributed by atoms with Crippen LogP contribution >= 0.6 is 0 Å². The minimum Gasteiger partial charge on any atom is -0.447 e. The van der Waals surface area contributed by atoms with Gasteiger partial charge >= 0.3 is 0 Å². The van der Waals surface area contributed by atoms with Crippen molar-refractivity contribution in [2.24, 2.45) is 0 Å². The van der Waals surface area contributed by atoms with E-state index in [1.807, 2.05) is 0 Å². The van der Waals surface area contributed by atoms with Gasteiger partial charge in [-0.1, -0.05) is 36.4 Å². The topological polar surface area (TPSA) is 76.4 Å². The molecule has 1 heterocycles. The molecule has 0 saturated carbocycles. The summed E-state index contributed by atoms with van der Waals surface area (Å²) in [6.07, 6.45) is 0. The van der Waals surface area contributed by atoms with Crippen LogP contribution in [0.2, 0.25) is 0 Å². The third-order valence-corrected chi connectivity index (χ3v) is 4.19. The Bertz CT molecular complexity index is 997. The zero-order valence-electron chi connectivity index (χ0n) is 13.4. The standard InChI is InChI=1S/C20H12FNO4/c21-12-7-5-11(6-8-12)10-22-20(25)16-9-15-17(23)13-3-1-2-4-14(13)18(24)19(15)26-16/h1-9H,10H2,(H,22,25). The normalized spacial score (nSPS) is 12.5. The second-order valence-electron chi connectivity index (χ2n) is 5.87. The lowest BCUT2D eigenvalue weighted by atomic mass is 9.89. The van der Waals surface area contributed by atoms with E-state index in [0.717, 1.165) is 0 Å². The van der Waals surface area contributed by atoms with Crippen LogP contribution in [0.5, 0.6) is 0 Å². The number of rotatable bonds is 3. The van der Waals surface area contributed by atoms with Gasteiger partial charge in [0.15, 0.2) is 17.3 Å². The Kier molecular flexibility index (Phi) is 3.73. The van der Waals surface area contributed by atoms with Gasteiger partial charge in [0.25, 0.3) is 5.91 Å². The number of hydrogen-bond donors (Lipinski definition) is 1. The van der Waals surface area contributed by atoms with Gasteiger partial charge in [0.05, 0.1) is 5.56 Å². The van der Waals surface area contributed by atoms with E-state index in [-0.39, 0.29) is 40.8 Å². The highest BCUT2D eigenvalue weighted by Crippen LogP contribution is 2.29. The Balaban J connectivity index is 1.58. The van der Waals surface area contributed by atoms with E-state index in [2.05, 4.69) is 5.32 Å². The molecule has 1 aliphatic carbocycles. The molecular formula is C20H12FNO4. The van der Waals surface area contributed by atoms with Crippen molar-refractivity contribution in [3.8, 4) is 0 Å². The van der Waals surface area contributed by atoms with Crippen LogP contribution in [0.25, 0.3) is 0 Å². The van der Waals surface area contributed by atoms with Crippen LogP contribution in [0.15, 0.2) is 59.0 Å². The molecule has 5 nitrogen and oxygen atoms in total. The Morgan fingerprint density at radius 2 is 1.58 bits per heavy atom. The Morgan fingerprint density at radius 1 is 0.923 bits per heavy atom. The molecule has 0 unspecified atom stereocenters. The van der Waals surface area contributed by atoms with Gasteiger partial charge < -0.3 is 9.73 Å². The van der Waals surface area contributed by atoms with Gasteiger partial charge in [-0.15, -0.1) is 0 Å². The van der Waals surface area contributed by atoms with E-state index in [1.54, 1.807) is 36.4 Å². The zero-order valence-corrected chi connectivity index (χ0v) is 13.4. The van der Waals surface area contributed by atoms with Crippen LogP contribution in [-0.2, 0) is 6.54 Å². The number of benzene rings is 2. The van der Waals surface area contributed by atoms with Crippen molar-refractivity contribution in [3.63, 3.8) is 0 Å². The van der Waals surface area contributed by atoms with E-state index in [1.165, 1.54) is 18.2 Å². The maximum atomic E-state index is 12.9. The summed E-state index contributed by atoms with van der Waals surface area (Å²) in [7, 11) is 0. The SMILES string of the molecule is O=C(NCc1ccc(F)cc1)c1cc2c(o1)C(=O)c1ccccc1C2=O. The quantitative estimate of drug-likeness (QED) is 0.616. The van der Waals surface area contributed by atoms with Crippen molar-refractivity contribution < 1.29 is 23.2 Å². The van der Waals surface area contributed by atoms with Crippen LogP contribution in [0.1, 0.15) is 48.2 Å². The van der Waals surface area contributed by atoms with E-state index in [0.29, 0.717) is 11.1 Å². The van der Waals surface area contributed by atoms with Gasteiger partial charge in [-0.3, -0.25) is 14.4 Å². The third-order valence-electron chi connectivity index (χ3n) is 4.19. The third kappa shape index (κ3) is 2.61. The van der Waals surface area contributed by atoms with Gasteiger partial charge in [0.1, 0.15) is 5.82 Å². The predicted octanol–water partition coefficient (Wildman–Crippen LogP) is 3.12. The summed E-state index contributed by atoms with van der Waals surface area (Å²) < 4.78 is 18.3. The molecule has 0 aliphatic heterocycles. The molecule has 2 aromatic carbocycles. The molecule has 1 amide bonds. The minimum atomic E-state index is -0.562. The first kappa shape index (κ1) is 16.0. The Hall–Kier alpha value is -3.54. The lowest BCUT2D eigenvalue weighted by Crippen LogP contribution is -2.22. The maximum Gasteiger partial charge on any atom is 0.287 e. The number of fused-ring (bicyclic) bond motifs is 2. The van der Waals surface area contributed by atoms with Gasteiger partial charge in [-0.2, -0.15) is 0 Å². The van der Waals surface area contributed by atoms with Crippen molar-refractivity contribution in [2.45, 2.75) is 6.54 Å². The van der Waals surface area contributed by atoms with Gasteiger partial charge in [-0.05, 0) is 17.7 Å². The molecule has 6 heteroatoms. The molecule has 0 atom stereocenters. The fourth-order valence-corrected chi connectivity index (χ4v) is 2.86. The lowest BCUT2D eigenvalue weighted by Gasteiger charge is -2.11. The average molecular weight is 349 g/mol. The fraction of sp³-hybridized carbons (Fsp3) is 0.0500. The first-order valence-corrected chi connectivity index (χ1v) is 7.89. The minimum absolute atomic E-state index is 0.0839. The van der Waals surface area contributed by atoms with E-state index in [4.69, 9.17) is 4.42 Å². The highest BCUT2D eigenvalue weighted by molar-refractivity contribution is 6.27. The summed E-state index contributed by atoms with van der Waals surface area (Å²) in [5.74, 6) is -1.94. The molecule has 0 bridgehead atoms. The Labute approximate surface area is 147 Å². The smallest absolute Gasteiger partial charge is 0.287 e. The highest BCUT2D eigenvalue weighted by Gasteiger charge is 2.34. The Morgan fingerprint density at radius 3 is 2.27 bits per heavy atom. The number of ketones is 2. The summed E-state index contributed by atoms with van der Waals surface area (Å²) in [4.78, 5) is 37.3. The first-order valence-electron chi connectivity index (χ1n) is 7.89. The number of carbonyl (C=O) groups is 3. The summed E-state index contributed by atoms with van der Waals surface area (Å²) in [5.41, 5.74) is 1.35. The summed E-state index contributed by atoms with van der Waals surface area (Å²) in [6.45, 7) is 0.159. The monoisotopic (exact) mass is 349 g/mol. The molecule has 26 heavy (non-hydrogen) atoms. The first-order chi connectivity index (χ1) is 12.5. The predicted molar refractivity (Wildman–Crippen MR) is 89.6 cm³/mol. The second kappa shape index (κ2) is 6.07. The van der Waals surface area contributed by atoms with E-state index < -0.39 is 11.7 Å². The second-order valence-corrected chi connectivity index (χ2v) is 5.87. The zero-order chi connectivity index (χ0) is 18.3. The van der Waals surface area contributed by atoms with Crippen LogP contribution in [0, 0.1) is 5.82 Å². The molecule has 1 aliphatic rings. The average Bonchev–Trinajstić information content (AvgIpc) is 3.11. The van der Waals surface area contributed by atoms with E-state index in [9.17, 15) is 18.8 Å². The number of furan rings is 1. The summed E-state index contributed by atoms with van der Waals surface area (Å²) in [5, 5.41) is 2.62. The van der Waals surface area contributed by atoms with Crippen LogP contribution in [-0.4, -0.2) is 17.5 Å². The van der Waals surface area contributed by atoms with E-state index >= 15 is 0 Å². The fourth-order valence-electron chi connectivity index (χ4n) is 2.86. The van der Waals surface area contributed by atoms with Crippen LogP contribution in [0.3, 0.4) is 0 Å². The molecule has 128 valence electrons. The van der Waals surface area contributed by atoms with Crippen LogP contribution < -0.4 is 5.32 Å². The summed E-state index contributed by atoms with van der Waals surface area (Å²) in [6, 6.07) is 13.4. The molecule has 0 radical (unpaired) electrons. The number of carbonyl (C=O) groups excluding carboxylic acids is 3. The molecule has 4 rings (SSSR count). The molecule has 3 aromatic rings. The number of hydrogen-bond acceptors (Lipinski definition) is 4. The summed E-state index contributed by atoms with van der Waals surface area (Å²) >= 11 is 0. The molecule has 1 N–H and O–H groups in total. The van der Waals surface area contributed by atoms with Crippen molar-refractivity contribution in [2.75, 3.05) is 0 Å². The van der Waals surface area contributed by atoms with Crippen LogP contribution in [0.4, 0.5) is 4.39 Å². The number of halogens is 1. The largest absolute Gasteiger partial charge is 0.447 e. The number of nitrogens with one attached hydrogen (secondary N) is 1. The van der Waals surface area contributed by atoms with Crippen molar-refractivity contribution in [3.05, 3.63) is 94.2 Å². The van der Waals surface area contributed by atoms with Crippen molar-refractivity contribution in [1.29, 1.82) is 0 Å². The van der Waals surface area contributed by atoms with Gasteiger partial charge in [0.2, 0.25) is 5.78 Å². The molecule has 1 aromatic heterocycles. The molecular weight excluding hydrogens is 337 g/mol.